The van der Waals surface area contributed by atoms with Gasteiger partial charge in [-0.3, -0.25) is 14.3 Å². The number of carbonyl (C=O) groups is 1. The zero-order valence-electron chi connectivity index (χ0n) is 8.48. The molecule has 0 heterocycles. The molecule has 9 heteroatoms. The molecule has 92 valence electrons. The molecule has 1 aromatic carbocycles. The van der Waals surface area contributed by atoms with Crippen molar-refractivity contribution in [1.29, 1.82) is 0 Å². The maximum atomic E-state index is 11.4. The maximum absolute atomic E-state index is 11.4. The standard InChI is InChI=1S/C8H7NO7S/c1-16-17(14,15)6-4-2-3-5(8(10)11)7(6)9(12)13/h2-4H,1H3,(H,10,11). The summed E-state index contributed by atoms with van der Waals surface area (Å²) in [7, 11) is -3.51. The molecule has 0 amide bonds. The van der Waals surface area contributed by atoms with E-state index in [-0.39, 0.29) is 0 Å². The quantitative estimate of drug-likeness (QED) is 0.478. The highest BCUT2D eigenvalue weighted by Crippen LogP contribution is 2.28. The highest BCUT2D eigenvalue weighted by atomic mass is 32.2. The van der Waals surface area contributed by atoms with E-state index in [2.05, 4.69) is 4.18 Å². The van der Waals surface area contributed by atoms with E-state index in [0.29, 0.717) is 0 Å². The van der Waals surface area contributed by atoms with E-state index in [1.54, 1.807) is 0 Å². The van der Waals surface area contributed by atoms with Gasteiger partial charge >= 0.3 is 21.8 Å². The van der Waals surface area contributed by atoms with Crippen LogP contribution in [-0.4, -0.2) is 31.5 Å². The third kappa shape index (κ3) is 2.40. The first-order valence-corrected chi connectivity index (χ1v) is 5.53. The van der Waals surface area contributed by atoms with Crippen LogP contribution in [0.2, 0.25) is 0 Å². The van der Waals surface area contributed by atoms with E-state index < -0.39 is 37.2 Å². The van der Waals surface area contributed by atoms with Crippen LogP contribution in [0, 0.1) is 10.1 Å². The second-order valence-corrected chi connectivity index (χ2v) is 4.52. The highest BCUT2D eigenvalue weighted by Gasteiger charge is 2.31. The summed E-state index contributed by atoms with van der Waals surface area (Å²) in [6, 6.07) is 2.93. The van der Waals surface area contributed by atoms with Crippen LogP contribution in [0.15, 0.2) is 23.1 Å². The zero-order valence-corrected chi connectivity index (χ0v) is 9.30. The average Bonchev–Trinajstić information content (AvgIpc) is 2.27. The van der Waals surface area contributed by atoms with Gasteiger partial charge in [-0.1, -0.05) is 6.07 Å². The second-order valence-electron chi connectivity index (χ2n) is 2.84. The van der Waals surface area contributed by atoms with Gasteiger partial charge < -0.3 is 5.11 Å². The second kappa shape index (κ2) is 4.47. The highest BCUT2D eigenvalue weighted by molar-refractivity contribution is 7.86. The molecule has 0 aliphatic rings. The Balaban J connectivity index is 3.69. The van der Waals surface area contributed by atoms with Gasteiger partial charge in [-0.25, -0.2) is 4.79 Å². The molecule has 8 nitrogen and oxygen atoms in total. The largest absolute Gasteiger partial charge is 0.477 e. The van der Waals surface area contributed by atoms with Crippen LogP contribution in [0.1, 0.15) is 10.4 Å². The molecule has 0 radical (unpaired) electrons. The van der Waals surface area contributed by atoms with Gasteiger partial charge in [-0.05, 0) is 12.1 Å². The minimum absolute atomic E-state index is 0.715. The Bertz CT molecular complexity index is 578. The molecule has 0 fully saturated rings. The number of hydrogen-bond donors (Lipinski definition) is 1. The number of carboxylic acid groups (broad SMARTS) is 1. The number of nitro groups is 1. The van der Waals surface area contributed by atoms with Crippen molar-refractivity contribution in [3.63, 3.8) is 0 Å². The van der Waals surface area contributed by atoms with Crippen molar-refractivity contribution < 1.29 is 27.4 Å². The fourth-order valence-electron chi connectivity index (χ4n) is 1.17. The van der Waals surface area contributed by atoms with Gasteiger partial charge in [-0.15, -0.1) is 0 Å². The van der Waals surface area contributed by atoms with Crippen LogP contribution in [0.3, 0.4) is 0 Å². The molecule has 0 bridgehead atoms. The smallest absolute Gasteiger partial charge is 0.342 e. The van der Waals surface area contributed by atoms with Crippen molar-refractivity contribution in [3.05, 3.63) is 33.9 Å². The summed E-state index contributed by atoms with van der Waals surface area (Å²) in [6.45, 7) is 0. The molecular formula is C8H7NO7S. The molecule has 1 rings (SSSR count). The topological polar surface area (TPSA) is 124 Å². The fourth-order valence-corrected chi connectivity index (χ4v) is 2.02. The molecule has 0 saturated heterocycles. The molecule has 1 N–H and O–H groups in total. The molecule has 0 saturated carbocycles. The van der Waals surface area contributed by atoms with Gasteiger partial charge in [0, 0.05) is 0 Å². The first kappa shape index (κ1) is 13.1. The normalized spacial score (nSPS) is 11.1. The van der Waals surface area contributed by atoms with E-state index in [0.717, 1.165) is 25.3 Å². The Morgan fingerprint density at radius 3 is 2.47 bits per heavy atom. The predicted octanol–water partition coefficient (Wildman–Crippen LogP) is 0.628. The third-order valence-corrected chi connectivity index (χ3v) is 3.21. The Labute approximate surface area is 95.7 Å². The van der Waals surface area contributed by atoms with E-state index in [1.165, 1.54) is 0 Å². The van der Waals surface area contributed by atoms with Crippen LogP contribution in [0.5, 0.6) is 0 Å². The molecule has 1 aromatic rings. The summed E-state index contributed by atoms with van der Waals surface area (Å²) < 4.78 is 26.9. The monoisotopic (exact) mass is 261 g/mol. The lowest BCUT2D eigenvalue weighted by Gasteiger charge is -2.04. The van der Waals surface area contributed by atoms with E-state index >= 15 is 0 Å². The lowest BCUT2D eigenvalue weighted by Crippen LogP contribution is -2.10. The Morgan fingerprint density at radius 2 is 2.06 bits per heavy atom. The zero-order chi connectivity index (χ0) is 13.2. The molecule has 0 aromatic heterocycles. The van der Waals surface area contributed by atoms with Gasteiger partial charge in [-0.2, -0.15) is 8.42 Å². The number of aromatic carboxylic acids is 1. The number of para-hydroxylation sites is 1. The van der Waals surface area contributed by atoms with Crippen molar-refractivity contribution in [2.75, 3.05) is 7.11 Å². The van der Waals surface area contributed by atoms with E-state index in [9.17, 15) is 23.3 Å². The van der Waals surface area contributed by atoms with E-state index in [1.807, 2.05) is 0 Å². The van der Waals surface area contributed by atoms with Gasteiger partial charge in [0.15, 0.2) is 4.90 Å². The van der Waals surface area contributed by atoms with Crippen LogP contribution in [0.4, 0.5) is 5.69 Å². The summed E-state index contributed by atoms with van der Waals surface area (Å²) in [5.41, 5.74) is -1.73. The SMILES string of the molecule is COS(=O)(=O)c1cccc(C(=O)O)c1[N+](=O)[O-]. The molecule has 0 aliphatic heterocycles. The summed E-state index contributed by atoms with van der Waals surface area (Å²) in [5.74, 6) is -1.59. The summed E-state index contributed by atoms with van der Waals surface area (Å²) in [6.07, 6.45) is 0. The van der Waals surface area contributed by atoms with Crippen molar-refractivity contribution in [1.82, 2.24) is 0 Å². The van der Waals surface area contributed by atoms with Gasteiger partial charge in [0.25, 0.3) is 0 Å². The van der Waals surface area contributed by atoms with Gasteiger partial charge in [0.1, 0.15) is 5.56 Å². The first-order chi connectivity index (χ1) is 7.81. The summed E-state index contributed by atoms with van der Waals surface area (Å²) in [4.78, 5) is 19.6. The summed E-state index contributed by atoms with van der Waals surface area (Å²) in [5, 5.41) is 19.5. The molecule has 17 heavy (non-hydrogen) atoms. The minimum Gasteiger partial charge on any atom is -0.477 e. The Hall–Kier alpha value is -2.00. The molecule has 0 spiro atoms. The lowest BCUT2D eigenvalue weighted by molar-refractivity contribution is -0.388. The van der Waals surface area contributed by atoms with Crippen LogP contribution < -0.4 is 0 Å². The van der Waals surface area contributed by atoms with Crippen molar-refractivity contribution in [3.8, 4) is 0 Å². The minimum atomic E-state index is -4.33. The maximum Gasteiger partial charge on any atom is 0.342 e. The van der Waals surface area contributed by atoms with Crippen molar-refractivity contribution >= 4 is 21.8 Å². The number of rotatable bonds is 4. The Morgan fingerprint density at radius 1 is 1.47 bits per heavy atom. The molecule has 0 unspecified atom stereocenters. The number of benzene rings is 1. The molecule has 0 aliphatic carbocycles. The van der Waals surface area contributed by atoms with Crippen molar-refractivity contribution in [2.24, 2.45) is 0 Å². The third-order valence-electron chi connectivity index (χ3n) is 1.90. The van der Waals surface area contributed by atoms with Crippen molar-refractivity contribution in [2.45, 2.75) is 4.90 Å². The fraction of sp³-hybridized carbons (Fsp3) is 0.125. The van der Waals surface area contributed by atoms with E-state index in [4.69, 9.17) is 5.11 Å². The predicted molar refractivity (Wildman–Crippen MR) is 54.3 cm³/mol. The Kier molecular flexibility index (Phi) is 3.44. The number of nitro benzene ring substituents is 1. The number of carboxylic acids is 1. The molecular weight excluding hydrogens is 254 g/mol. The van der Waals surface area contributed by atoms with Gasteiger partial charge in [0.05, 0.1) is 12.0 Å². The lowest BCUT2D eigenvalue weighted by atomic mass is 10.2. The van der Waals surface area contributed by atoms with Crippen LogP contribution in [-0.2, 0) is 14.3 Å². The number of hydrogen-bond acceptors (Lipinski definition) is 6. The van der Waals surface area contributed by atoms with Crippen LogP contribution >= 0.6 is 0 Å². The number of nitrogens with zero attached hydrogens (tertiary/aromatic N) is 1. The average molecular weight is 261 g/mol. The summed E-state index contributed by atoms with van der Waals surface area (Å²) >= 11 is 0. The molecule has 0 atom stereocenters. The first-order valence-electron chi connectivity index (χ1n) is 4.12. The van der Waals surface area contributed by atoms with Gasteiger partial charge in [0.2, 0.25) is 0 Å². The van der Waals surface area contributed by atoms with Crippen LogP contribution in [0.25, 0.3) is 0 Å².